The predicted molar refractivity (Wildman–Crippen MR) is 86.1 cm³/mol. The number of amides is 1. The molecule has 116 valence electrons. The molecule has 22 heavy (non-hydrogen) atoms. The molecule has 5 nitrogen and oxygen atoms in total. The second kappa shape index (κ2) is 7.22. The van der Waals surface area contributed by atoms with Gasteiger partial charge in [-0.15, -0.1) is 0 Å². The van der Waals surface area contributed by atoms with Crippen LogP contribution in [0.4, 0.5) is 0 Å². The second-order valence-electron chi connectivity index (χ2n) is 5.00. The molecule has 2 rings (SSSR count). The van der Waals surface area contributed by atoms with Gasteiger partial charge in [0.25, 0.3) is 11.5 Å². The van der Waals surface area contributed by atoms with E-state index in [4.69, 9.17) is 11.6 Å². The normalized spacial score (nSPS) is 12.0. The van der Waals surface area contributed by atoms with Gasteiger partial charge in [-0.1, -0.05) is 36.7 Å². The summed E-state index contributed by atoms with van der Waals surface area (Å²) >= 11 is 6.12. The molecule has 0 saturated carbocycles. The van der Waals surface area contributed by atoms with Gasteiger partial charge in [-0.05, 0) is 31.0 Å². The minimum atomic E-state index is -0.336. The number of nitrogens with one attached hydrogen (secondary N) is 1. The standard InChI is InChI=1S/C16H18ClN3O2/c1-3-10-20-15(21)9-8-14(19-20)16(22)18-11(2)12-6-4-5-7-13(12)17/h4-9,11H,3,10H2,1-2H3,(H,18,22)/t11-/m1/s1. The average molecular weight is 320 g/mol. The highest BCUT2D eigenvalue weighted by atomic mass is 35.5. The number of aromatic nitrogens is 2. The molecule has 0 radical (unpaired) electrons. The number of nitrogens with zero attached hydrogens (tertiary/aromatic N) is 2. The van der Waals surface area contributed by atoms with Crippen molar-refractivity contribution in [2.45, 2.75) is 32.9 Å². The summed E-state index contributed by atoms with van der Waals surface area (Å²) in [5, 5.41) is 7.53. The maximum absolute atomic E-state index is 12.3. The lowest BCUT2D eigenvalue weighted by Gasteiger charge is -2.15. The minimum absolute atomic E-state index is 0.211. The highest BCUT2D eigenvalue weighted by Gasteiger charge is 2.15. The van der Waals surface area contributed by atoms with Crippen LogP contribution in [0.3, 0.4) is 0 Å². The van der Waals surface area contributed by atoms with E-state index in [2.05, 4.69) is 10.4 Å². The van der Waals surface area contributed by atoms with Gasteiger partial charge in [-0.2, -0.15) is 5.10 Å². The highest BCUT2D eigenvalue weighted by Crippen LogP contribution is 2.22. The maximum atomic E-state index is 12.3. The quantitative estimate of drug-likeness (QED) is 0.921. The molecule has 0 aliphatic heterocycles. The molecule has 1 atom stereocenters. The molecule has 0 unspecified atom stereocenters. The van der Waals surface area contributed by atoms with Gasteiger partial charge >= 0.3 is 0 Å². The molecular formula is C16H18ClN3O2. The number of hydrogen-bond acceptors (Lipinski definition) is 3. The van der Waals surface area contributed by atoms with Crippen LogP contribution in [0.1, 0.15) is 42.4 Å². The number of benzene rings is 1. The van der Waals surface area contributed by atoms with Crippen molar-refractivity contribution in [3.8, 4) is 0 Å². The van der Waals surface area contributed by atoms with Crippen LogP contribution in [0, 0.1) is 0 Å². The van der Waals surface area contributed by atoms with Crippen molar-refractivity contribution in [1.82, 2.24) is 15.1 Å². The lowest BCUT2D eigenvalue weighted by molar-refractivity contribution is 0.0932. The van der Waals surface area contributed by atoms with Crippen molar-refractivity contribution in [2.24, 2.45) is 0 Å². The predicted octanol–water partition coefficient (Wildman–Crippen LogP) is 2.80. The smallest absolute Gasteiger partial charge is 0.272 e. The molecule has 2 aromatic rings. The van der Waals surface area contributed by atoms with Crippen LogP contribution in [0.5, 0.6) is 0 Å². The fourth-order valence-corrected chi connectivity index (χ4v) is 2.42. The number of carbonyl (C=O) groups is 1. The van der Waals surface area contributed by atoms with Crippen LogP contribution < -0.4 is 10.9 Å². The van der Waals surface area contributed by atoms with Gasteiger partial charge < -0.3 is 5.32 Å². The van der Waals surface area contributed by atoms with Gasteiger partial charge in [0.05, 0.1) is 6.04 Å². The van der Waals surface area contributed by atoms with Crippen molar-refractivity contribution in [3.63, 3.8) is 0 Å². The molecule has 6 heteroatoms. The number of halogens is 1. The van der Waals surface area contributed by atoms with E-state index in [9.17, 15) is 9.59 Å². The largest absolute Gasteiger partial charge is 0.344 e. The zero-order valence-electron chi connectivity index (χ0n) is 12.5. The SMILES string of the molecule is CCCn1nc(C(=O)N[C@H](C)c2ccccc2Cl)ccc1=O. The van der Waals surface area contributed by atoms with E-state index in [0.29, 0.717) is 11.6 Å². The van der Waals surface area contributed by atoms with E-state index < -0.39 is 0 Å². The molecule has 1 heterocycles. The Morgan fingerprint density at radius 1 is 1.32 bits per heavy atom. The zero-order chi connectivity index (χ0) is 16.1. The van der Waals surface area contributed by atoms with E-state index in [1.54, 1.807) is 6.07 Å². The summed E-state index contributed by atoms with van der Waals surface area (Å²) in [4.78, 5) is 23.9. The first kappa shape index (κ1) is 16.2. The Hall–Kier alpha value is -2.14. The van der Waals surface area contributed by atoms with Gasteiger partial charge in [-0.25, -0.2) is 4.68 Å². The number of aryl methyl sites for hydroxylation is 1. The van der Waals surface area contributed by atoms with Crippen molar-refractivity contribution in [3.05, 3.63) is 63.0 Å². The summed E-state index contributed by atoms with van der Waals surface area (Å²) in [6.07, 6.45) is 0.772. The zero-order valence-corrected chi connectivity index (χ0v) is 13.3. The number of rotatable bonds is 5. The summed E-state index contributed by atoms with van der Waals surface area (Å²) in [7, 11) is 0. The Labute approximate surface area is 133 Å². The monoisotopic (exact) mass is 319 g/mol. The molecule has 1 N–H and O–H groups in total. The molecule has 0 fully saturated rings. The van der Waals surface area contributed by atoms with Gasteiger partial charge in [-0.3, -0.25) is 9.59 Å². The summed E-state index contributed by atoms with van der Waals surface area (Å²) in [5.74, 6) is -0.336. The second-order valence-corrected chi connectivity index (χ2v) is 5.40. The number of hydrogen-bond donors (Lipinski definition) is 1. The van der Waals surface area contributed by atoms with Gasteiger partial charge in [0.15, 0.2) is 0 Å². The van der Waals surface area contributed by atoms with Crippen molar-refractivity contribution < 1.29 is 4.79 Å². The van der Waals surface area contributed by atoms with Crippen molar-refractivity contribution >= 4 is 17.5 Å². The van der Waals surface area contributed by atoms with Gasteiger partial charge in [0.1, 0.15) is 5.69 Å². The van der Waals surface area contributed by atoms with Crippen LogP contribution in [0.25, 0.3) is 0 Å². The van der Waals surface area contributed by atoms with Crippen LogP contribution in [0.15, 0.2) is 41.2 Å². The molecule has 1 aromatic heterocycles. The summed E-state index contributed by atoms with van der Waals surface area (Å²) < 4.78 is 1.30. The lowest BCUT2D eigenvalue weighted by Crippen LogP contribution is -2.31. The van der Waals surface area contributed by atoms with Crippen molar-refractivity contribution in [2.75, 3.05) is 0 Å². The first-order valence-electron chi connectivity index (χ1n) is 7.16. The Morgan fingerprint density at radius 3 is 2.73 bits per heavy atom. The van der Waals surface area contributed by atoms with Crippen molar-refractivity contribution in [1.29, 1.82) is 0 Å². The molecule has 0 spiro atoms. The molecule has 0 aliphatic carbocycles. The third-order valence-electron chi connectivity index (χ3n) is 3.25. The molecule has 0 saturated heterocycles. The highest BCUT2D eigenvalue weighted by molar-refractivity contribution is 6.31. The Bertz CT molecular complexity index is 727. The van der Waals surface area contributed by atoms with E-state index in [1.165, 1.54) is 16.8 Å². The number of carbonyl (C=O) groups excluding carboxylic acids is 1. The fraction of sp³-hybridized carbons (Fsp3) is 0.312. The third kappa shape index (κ3) is 3.74. The van der Waals surface area contributed by atoms with Crippen LogP contribution >= 0.6 is 11.6 Å². The van der Waals surface area contributed by atoms with Gasteiger partial charge in [0, 0.05) is 17.6 Å². The Balaban J connectivity index is 2.17. The van der Waals surface area contributed by atoms with Crippen LogP contribution in [0.2, 0.25) is 5.02 Å². The third-order valence-corrected chi connectivity index (χ3v) is 3.60. The molecule has 0 bridgehead atoms. The van der Waals surface area contributed by atoms with E-state index in [-0.39, 0.29) is 23.2 Å². The Morgan fingerprint density at radius 2 is 2.05 bits per heavy atom. The fourth-order valence-electron chi connectivity index (χ4n) is 2.12. The summed E-state index contributed by atoms with van der Waals surface area (Å²) in [5.41, 5.74) is 0.837. The first-order chi connectivity index (χ1) is 10.5. The van der Waals surface area contributed by atoms with Crippen LogP contribution in [-0.4, -0.2) is 15.7 Å². The maximum Gasteiger partial charge on any atom is 0.272 e. The average Bonchev–Trinajstić information content (AvgIpc) is 2.50. The molecular weight excluding hydrogens is 302 g/mol. The van der Waals surface area contributed by atoms with Gasteiger partial charge in [0.2, 0.25) is 0 Å². The Kier molecular flexibility index (Phi) is 5.33. The molecule has 1 aromatic carbocycles. The topological polar surface area (TPSA) is 64.0 Å². The molecule has 1 amide bonds. The minimum Gasteiger partial charge on any atom is -0.344 e. The molecule has 0 aliphatic rings. The first-order valence-corrected chi connectivity index (χ1v) is 7.54. The van der Waals surface area contributed by atoms with E-state index in [1.807, 2.05) is 32.0 Å². The summed E-state index contributed by atoms with van der Waals surface area (Å²) in [6.45, 7) is 4.28. The van der Waals surface area contributed by atoms with Crippen LogP contribution in [-0.2, 0) is 6.54 Å². The van der Waals surface area contributed by atoms with E-state index in [0.717, 1.165) is 12.0 Å². The lowest BCUT2D eigenvalue weighted by atomic mass is 10.1. The summed E-state index contributed by atoms with van der Waals surface area (Å²) in [6, 6.07) is 9.87. The van der Waals surface area contributed by atoms with E-state index >= 15 is 0 Å².